The van der Waals surface area contributed by atoms with E-state index in [0.29, 0.717) is 13.0 Å². The summed E-state index contributed by atoms with van der Waals surface area (Å²) >= 11 is 0. The van der Waals surface area contributed by atoms with E-state index in [4.69, 9.17) is 4.74 Å². The van der Waals surface area contributed by atoms with Gasteiger partial charge in [0.25, 0.3) is 0 Å². The summed E-state index contributed by atoms with van der Waals surface area (Å²) in [6, 6.07) is 17.3. The van der Waals surface area contributed by atoms with Crippen molar-refractivity contribution in [2.75, 3.05) is 44.7 Å². The van der Waals surface area contributed by atoms with Crippen LogP contribution in [0, 0.1) is 0 Å². The summed E-state index contributed by atoms with van der Waals surface area (Å²) < 4.78 is 5.45. The van der Waals surface area contributed by atoms with Gasteiger partial charge in [0.05, 0.1) is 25.4 Å². The van der Waals surface area contributed by atoms with Gasteiger partial charge in [-0.2, -0.15) is 0 Å². The molecular weight excluding hydrogens is 366 g/mol. The molecule has 1 amide bonds. The monoisotopic (exact) mass is 395 g/mol. The standard InChI is InChI=1S/C23H29N3O3/c1-18(27)20(16-19-8-4-3-5-9-19)24-23(28)17-25-12-14-26(15-13-25)21-10-6-7-11-22(21)29-2/h3-11,20H,12-17H2,1-2H3,(H,24,28). The number of carbonyl (C=O) groups excluding carboxylic acids is 2. The molecule has 0 spiro atoms. The predicted molar refractivity (Wildman–Crippen MR) is 114 cm³/mol. The molecule has 0 saturated carbocycles. The number of ether oxygens (including phenoxy) is 1. The van der Waals surface area contributed by atoms with Crippen LogP contribution in [0.15, 0.2) is 54.6 Å². The normalized spacial score (nSPS) is 15.6. The van der Waals surface area contributed by atoms with Crippen LogP contribution in [0.5, 0.6) is 5.75 Å². The number of anilines is 1. The molecule has 1 saturated heterocycles. The minimum atomic E-state index is -0.486. The van der Waals surface area contributed by atoms with Crippen LogP contribution in [-0.4, -0.2) is 62.5 Å². The van der Waals surface area contributed by atoms with Gasteiger partial charge in [-0.25, -0.2) is 0 Å². The van der Waals surface area contributed by atoms with Crippen LogP contribution in [0.4, 0.5) is 5.69 Å². The Kier molecular flexibility index (Phi) is 7.25. The summed E-state index contributed by atoms with van der Waals surface area (Å²) in [5, 5.41) is 2.91. The van der Waals surface area contributed by atoms with Crippen LogP contribution >= 0.6 is 0 Å². The molecule has 0 bridgehead atoms. The van der Waals surface area contributed by atoms with E-state index >= 15 is 0 Å². The molecule has 6 heteroatoms. The number of nitrogens with zero attached hydrogens (tertiary/aromatic N) is 2. The fourth-order valence-electron chi connectivity index (χ4n) is 3.63. The molecule has 1 unspecified atom stereocenters. The van der Waals surface area contributed by atoms with E-state index < -0.39 is 6.04 Å². The number of ketones is 1. The number of rotatable bonds is 8. The van der Waals surface area contributed by atoms with Gasteiger partial charge in [0.2, 0.25) is 5.91 Å². The zero-order valence-electron chi connectivity index (χ0n) is 17.1. The van der Waals surface area contributed by atoms with E-state index in [0.717, 1.165) is 43.2 Å². The molecule has 1 N–H and O–H groups in total. The molecule has 1 fully saturated rings. The van der Waals surface area contributed by atoms with Crippen molar-refractivity contribution in [3.8, 4) is 5.75 Å². The topological polar surface area (TPSA) is 61.9 Å². The van der Waals surface area contributed by atoms with Gasteiger partial charge in [-0.05, 0) is 31.0 Å². The molecule has 154 valence electrons. The number of para-hydroxylation sites is 2. The molecule has 2 aromatic rings. The van der Waals surface area contributed by atoms with Crippen LogP contribution in [0.25, 0.3) is 0 Å². The lowest BCUT2D eigenvalue weighted by Crippen LogP contribution is -2.51. The minimum absolute atomic E-state index is 0.0248. The average molecular weight is 396 g/mol. The third-order valence-corrected chi connectivity index (χ3v) is 5.27. The third-order valence-electron chi connectivity index (χ3n) is 5.27. The Morgan fingerprint density at radius 2 is 1.66 bits per heavy atom. The van der Waals surface area contributed by atoms with Gasteiger partial charge >= 0.3 is 0 Å². The second-order valence-corrected chi connectivity index (χ2v) is 7.36. The van der Waals surface area contributed by atoms with E-state index in [2.05, 4.69) is 21.2 Å². The highest BCUT2D eigenvalue weighted by atomic mass is 16.5. The van der Waals surface area contributed by atoms with Crippen LogP contribution < -0.4 is 15.0 Å². The predicted octanol–water partition coefficient (Wildman–Crippen LogP) is 2.13. The first-order chi connectivity index (χ1) is 14.1. The summed E-state index contributed by atoms with van der Waals surface area (Å²) in [6.45, 7) is 5.06. The molecule has 2 aromatic carbocycles. The SMILES string of the molecule is COc1ccccc1N1CCN(CC(=O)NC(Cc2ccccc2)C(C)=O)CC1. The Bertz CT molecular complexity index is 817. The molecule has 1 aliphatic rings. The first-order valence-corrected chi connectivity index (χ1v) is 10.0. The summed E-state index contributed by atoms with van der Waals surface area (Å²) in [4.78, 5) is 28.9. The van der Waals surface area contributed by atoms with Crippen LogP contribution in [0.1, 0.15) is 12.5 Å². The first-order valence-electron chi connectivity index (χ1n) is 10.0. The second-order valence-electron chi connectivity index (χ2n) is 7.36. The molecule has 6 nitrogen and oxygen atoms in total. The number of hydrogen-bond acceptors (Lipinski definition) is 5. The number of methoxy groups -OCH3 is 1. The molecule has 0 aliphatic carbocycles. The van der Waals surface area contributed by atoms with E-state index in [-0.39, 0.29) is 11.7 Å². The van der Waals surface area contributed by atoms with Crippen LogP contribution in [0.3, 0.4) is 0 Å². The number of nitrogens with one attached hydrogen (secondary N) is 1. The van der Waals surface area contributed by atoms with Crippen molar-refractivity contribution in [1.29, 1.82) is 0 Å². The van der Waals surface area contributed by atoms with Crippen molar-refractivity contribution in [1.82, 2.24) is 10.2 Å². The van der Waals surface area contributed by atoms with Crippen LogP contribution in [-0.2, 0) is 16.0 Å². The maximum atomic E-state index is 12.5. The molecule has 0 aromatic heterocycles. The van der Waals surface area contributed by atoms with Gasteiger partial charge in [-0.3, -0.25) is 14.5 Å². The summed E-state index contributed by atoms with van der Waals surface area (Å²) in [5.74, 6) is 0.735. The smallest absolute Gasteiger partial charge is 0.234 e. The molecular formula is C23H29N3O3. The molecule has 29 heavy (non-hydrogen) atoms. The maximum absolute atomic E-state index is 12.5. The third kappa shape index (κ3) is 5.81. The number of piperazine rings is 1. The number of benzene rings is 2. The van der Waals surface area contributed by atoms with E-state index in [9.17, 15) is 9.59 Å². The highest BCUT2D eigenvalue weighted by Gasteiger charge is 2.23. The fraction of sp³-hybridized carbons (Fsp3) is 0.391. The van der Waals surface area contributed by atoms with Gasteiger partial charge in [-0.15, -0.1) is 0 Å². The summed E-state index contributed by atoms with van der Waals surface area (Å²) in [7, 11) is 1.68. The van der Waals surface area contributed by atoms with E-state index in [1.54, 1.807) is 7.11 Å². The van der Waals surface area contributed by atoms with Crippen molar-refractivity contribution in [3.63, 3.8) is 0 Å². The number of amides is 1. The molecule has 0 radical (unpaired) electrons. The highest BCUT2D eigenvalue weighted by Crippen LogP contribution is 2.28. The van der Waals surface area contributed by atoms with Gasteiger partial charge in [-0.1, -0.05) is 42.5 Å². The molecule has 1 aliphatic heterocycles. The maximum Gasteiger partial charge on any atom is 0.234 e. The van der Waals surface area contributed by atoms with Crippen LogP contribution in [0.2, 0.25) is 0 Å². The lowest BCUT2D eigenvalue weighted by Gasteiger charge is -2.36. The Morgan fingerprint density at radius 1 is 1.00 bits per heavy atom. The van der Waals surface area contributed by atoms with Gasteiger partial charge in [0.1, 0.15) is 5.75 Å². The lowest BCUT2D eigenvalue weighted by atomic mass is 10.0. The quantitative estimate of drug-likeness (QED) is 0.742. The largest absolute Gasteiger partial charge is 0.495 e. The first kappa shape index (κ1) is 20.9. The molecule has 3 rings (SSSR count). The lowest BCUT2D eigenvalue weighted by molar-refractivity contribution is -0.127. The Balaban J connectivity index is 1.50. The minimum Gasteiger partial charge on any atom is -0.495 e. The van der Waals surface area contributed by atoms with E-state index in [1.807, 2.05) is 48.5 Å². The van der Waals surface area contributed by atoms with Crippen molar-refractivity contribution < 1.29 is 14.3 Å². The zero-order valence-corrected chi connectivity index (χ0v) is 17.1. The highest BCUT2D eigenvalue weighted by molar-refractivity contribution is 5.88. The van der Waals surface area contributed by atoms with Crippen molar-refractivity contribution in [2.45, 2.75) is 19.4 Å². The Labute approximate surface area is 172 Å². The zero-order chi connectivity index (χ0) is 20.6. The van der Waals surface area contributed by atoms with Crippen molar-refractivity contribution >= 4 is 17.4 Å². The Morgan fingerprint density at radius 3 is 2.31 bits per heavy atom. The van der Waals surface area contributed by atoms with Gasteiger partial charge in [0.15, 0.2) is 5.78 Å². The van der Waals surface area contributed by atoms with Crippen molar-refractivity contribution in [2.24, 2.45) is 0 Å². The van der Waals surface area contributed by atoms with Gasteiger partial charge < -0.3 is 15.0 Å². The van der Waals surface area contributed by atoms with E-state index in [1.165, 1.54) is 6.92 Å². The molecule has 1 heterocycles. The Hall–Kier alpha value is -2.86. The van der Waals surface area contributed by atoms with Gasteiger partial charge in [0, 0.05) is 26.2 Å². The average Bonchev–Trinajstić information content (AvgIpc) is 2.74. The summed E-state index contributed by atoms with van der Waals surface area (Å²) in [6.07, 6.45) is 0.517. The second kappa shape index (κ2) is 10.1. The fourth-order valence-corrected chi connectivity index (χ4v) is 3.63. The summed E-state index contributed by atoms with van der Waals surface area (Å²) in [5.41, 5.74) is 2.12. The number of Topliss-reactive ketones (excluding diaryl/α,β-unsaturated/α-hetero) is 1. The number of carbonyl (C=O) groups is 2. The number of hydrogen-bond donors (Lipinski definition) is 1. The molecule has 1 atom stereocenters. The van der Waals surface area contributed by atoms with Crippen molar-refractivity contribution in [3.05, 3.63) is 60.2 Å².